The summed E-state index contributed by atoms with van der Waals surface area (Å²) in [6, 6.07) is 15.3. The van der Waals surface area contributed by atoms with Crippen molar-refractivity contribution in [2.45, 2.75) is 32.0 Å². The molecule has 0 aliphatic heterocycles. The molecule has 1 saturated carbocycles. The minimum atomic E-state index is 0.601. The van der Waals surface area contributed by atoms with Crippen LogP contribution in [-0.4, -0.2) is 11.0 Å². The average Bonchev–Trinajstić information content (AvgIpc) is 3.31. The van der Waals surface area contributed by atoms with Gasteiger partial charge in [-0.3, -0.25) is 4.98 Å². The molecule has 1 aromatic heterocycles. The second kappa shape index (κ2) is 5.41. The van der Waals surface area contributed by atoms with Gasteiger partial charge in [-0.2, -0.15) is 0 Å². The van der Waals surface area contributed by atoms with E-state index in [2.05, 4.69) is 40.2 Å². The van der Waals surface area contributed by atoms with Gasteiger partial charge >= 0.3 is 0 Å². The van der Waals surface area contributed by atoms with E-state index in [9.17, 15) is 0 Å². The molecule has 1 heterocycles. The Kier molecular flexibility index (Phi) is 3.47. The monoisotopic (exact) mass is 253 g/mol. The Balaban J connectivity index is 1.80. The molecule has 0 saturated heterocycles. The van der Waals surface area contributed by atoms with Gasteiger partial charge in [0.1, 0.15) is 0 Å². The van der Waals surface area contributed by atoms with Crippen molar-refractivity contribution in [3.63, 3.8) is 0 Å². The molecule has 1 aliphatic rings. The normalized spacial score (nSPS) is 14.4. The summed E-state index contributed by atoms with van der Waals surface area (Å²) in [6.07, 6.45) is 4.43. The van der Waals surface area contributed by atoms with Crippen molar-refractivity contribution in [3.05, 3.63) is 59.9 Å². The molecule has 19 heavy (non-hydrogen) atoms. The minimum Gasteiger partial charge on any atom is -0.363 e. The lowest BCUT2D eigenvalue weighted by atomic mass is 10.2. The van der Waals surface area contributed by atoms with Crippen molar-refractivity contribution in [2.75, 3.05) is 4.90 Å². The van der Waals surface area contributed by atoms with Gasteiger partial charge in [-0.15, -0.1) is 0 Å². The molecule has 98 valence electrons. The maximum absolute atomic E-state index is 5.65. The van der Waals surface area contributed by atoms with Crippen LogP contribution in [0.15, 0.2) is 48.7 Å². The standard InChI is InChI=1S/C16H19N3/c17-11-13-4-6-15(7-5-13)19(16-8-9-16)12-14-3-1-2-10-18-14/h1-7,10,16H,8-9,11-12,17H2. The summed E-state index contributed by atoms with van der Waals surface area (Å²) in [4.78, 5) is 6.87. The zero-order valence-corrected chi connectivity index (χ0v) is 11.0. The van der Waals surface area contributed by atoms with Crippen LogP contribution in [0.5, 0.6) is 0 Å². The number of pyridine rings is 1. The largest absolute Gasteiger partial charge is 0.363 e. The van der Waals surface area contributed by atoms with Crippen molar-refractivity contribution < 1.29 is 0 Å². The summed E-state index contributed by atoms with van der Waals surface area (Å²) in [5, 5.41) is 0. The molecule has 0 spiro atoms. The highest BCUT2D eigenvalue weighted by atomic mass is 15.2. The Morgan fingerprint density at radius 3 is 2.47 bits per heavy atom. The summed E-state index contributed by atoms with van der Waals surface area (Å²) in [5.74, 6) is 0. The van der Waals surface area contributed by atoms with Crippen LogP contribution in [0.2, 0.25) is 0 Å². The molecule has 1 aromatic carbocycles. The number of nitrogens with two attached hydrogens (primary N) is 1. The number of nitrogens with zero attached hydrogens (tertiary/aromatic N) is 2. The van der Waals surface area contributed by atoms with Gasteiger partial charge in [0.15, 0.2) is 0 Å². The van der Waals surface area contributed by atoms with Gasteiger partial charge < -0.3 is 10.6 Å². The third kappa shape index (κ3) is 2.93. The van der Waals surface area contributed by atoms with Crippen molar-refractivity contribution in [2.24, 2.45) is 5.73 Å². The van der Waals surface area contributed by atoms with Crippen LogP contribution in [0.25, 0.3) is 0 Å². The highest BCUT2D eigenvalue weighted by Crippen LogP contribution is 2.32. The van der Waals surface area contributed by atoms with Crippen molar-refractivity contribution in [3.8, 4) is 0 Å². The lowest BCUT2D eigenvalue weighted by Crippen LogP contribution is -2.25. The highest BCUT2D eigenvalue weighted by Gasteiger charge is 2.29. The lowest BCUT2D eigenvalue weighted by molar-refractivity contribution is 0.776. The summed E-state index contributed by atoms with van der Waals surface area (Å²) in [7, 11) is 0. The fourth-order valence-corrected chi connectivity index (χ4v) is 2.31. The van der Waals surface area contributed by atoms with E-state index >= 15 is 0 Å². The summed E-state index contributed by atoms with van der Waals surface area (Å²) in [6.45, 7) is 1.48. The third-order valence-electron chi connectivity index (χ3n) is 3.55. The number of anilines is 1. The first-order chi connectivity index (χ1) is 9.36. The van der Waals surface area contributed by atoms with Gasteiger partial charge in [-0.1, -0.05) is 18.2 Å². The second-order valence-corrected chi connectivity index (χ2v) is 5.05. The first kappa shape index (κ1) is 12.2. The van der Waals surface area contributed by atoms with E-state index in [1.807, 2.05) is 18.3 Å². The summed E-state index contributed by atoms with van der Waals surface area (Å²) >= 11 is 0. The van der Waals surface area contributed by atoms with Crippen LogP contribution in [0.3, 0.4) is 0 Å². The summed E-state index contributed by atoms with van der Waals surface area (Å²) in [5.41, 5.74) is 9.22. The SMILES string of the molecule is NCc1ccc(N(Cc2ccccn2)C2CC2)cc1. The fourth-order valence-electron chi connectivity index (χ4n) is 2.31. The maximum atomic E-state index is 5.65. The molecule has 2 aromatic rings. The zero-order chi connectivity index (χ0) is 13.1. The molecule has 0 bridgehead atoms. The molecular formula is C16H19N3. The molecule has 0 amide bonds. The van der Waals surface area contributed by atoms with Crippen LogP contribution in [0.1, 0.15) is 24.1 Å². The Morgan fingerprint density at radius 1 is 1.11 bits per heavy atom. The van der Waals surface area contributed by atoms with Crippen LogP contribution in [0.4, 0.5) is 5.69 Å². The molecule has 1 aliphatic carbocycles. The Labute approximate surface area is 114 Å². The average molecular weight is 253 g/mol. The van der Waals surface area contributed by atoms with Gasteiger partial charge in [-0.25, -0.2) is 0 Å². The number of hydrogen-bond acceptors (Lipinski definition) is 3. The van der Waals surface area contributed by atoms with Gasteiger partial charge in [-0.05, 0) is 42.7 Å². The Morgan fingerprint density at radius 2 is 1.89 bits per heavy atom. The predicted octanol–water partition coefficient (Wildman–Crippen LogP) is 2.71. The highest BCUT2D eigenvalue weighted by molar-refractivity contribution is 5.50. The third-order valence-corrected chi connectivity index (χ3v) is 3.55. The van der Waals surface area contributed by atoms with E-state index in [4.69, 9.17) is 5.73 Å². The van der Waals surface area contributed by atoms with E-state index in [-0.39, 0.29) is 0 Å². The molecule has 3 rings (SSSR count). The van der Waals surface area contributed by atoms with E-state index < -0.39 is 0 Å². The Hall–Kier alpha value is -1.87. The van der Waals surface area contributed by atoms with E-state index in [1.54, 1.807) is 0 Å². The maximum Gasteiger partial charge on any atom is 0.0605 e. The number of hydrogen-bond donors (Lipinski definition) is 1. The van der Waals surface area contributed by atoms with Crippen LogP contribution in [-0.2, 0) is 13.1 Å². The Bertz CT molecular complexity index is 517. The van der Waals surface area contributed by atoms with Crippen LogP contribution in [0, 0.1) is 0 Å². The number of benzene rings is 1. The number of aromatic nitrogens is 1. The topological polar surface area (TPSA) is 42.1 Å². The predicted molar refractivity (Wildman–Crippen MR) is 77.8 cm³/mol. The molecule has 1 fully saturated rings. The molecule has 3 nitrogen and oxygen atoms in total. The molecule has 0 unspecified atom stereocenters. The quantitative estimate of drug-likeness (QED) is 0.891. The molecular weight excluding hydrogens is 234 g/mol. The molecule has 2 N–H and O–H groups in total. The van der Waals surface area contributed by atoms with Crippen molar-refractivity contribution in [1.29, 1.82) is 0 Å². The first-order valence-corrected chi connectivity index (χ1v) is 6.82. The number of rotatable bonds is 5. The van der Waals surface area contributed by atoms with E-state index in [0.717, 1.165) is 12.2 Å². The van der Waals surface area contributed by atoms with Crippen molar-refractivity contribution >= 4 is 5.69 Å². The summed E-state index contributed by atoms with van der Waals surface area (Å²) < 4.78 is 0. The molecule has 0 atom stereocenters. The van der Waals surface area contributed by atoms with Gasteiger partial charge in [0.05, 0.1) is 12.2 Å². The van der Waals surface area contributed by atoms with E-state index in [0.29, 0.717) is 12.6 Å². The van der Waals surface area contributed by atoms with Crippen molar-refractivity contribution in [1.82, 2.24) is 4.98 Å². The van der Waals surface area contributed by atoms with Gasteiger partial charge in [0.25, 0.3) is 0 Å². The zero-order valence-electron chi connectivity index (χ0n) is 11.0. The van der Waals surface area contributed by atoms with Gasteiger partial charge in [0.2, 0.25) is 0 Å². The first-order valence-electron chi connectivity index (χ1n) is 6.82. The lowest BCUT2D eigenvalue weighted by Gasteiger charge is -2.24. The van der Waals surface area contributed by atoms with Crippen LogP contribution < -0.4 is 10.6 Å². The van der Waals surface area contributed by atoms with E-state index in [1.165, 1.54) is 24.1 Å². The fraction of sp³-hybridized carbons (Fsp3) is 0.312. The van der Waals surface area contributed by atoms with Gasteiger partial charge in [0, 0.05) is 24.5 Å². The van der Waals surface area contributed by atoms with Crippen LogP contribution >= 0.6 is 0 Å². The second-order valence-electron chi connectivity index (χ2n) is 5.05. The minimum absolute atomic E-state index is 0.601. The molecule has 0 radical (unpaired) electrons. The molecule has 3 heteroatoms. The smallest absolute Gasteiger partial charge is 0.0605 e.